The third-order valence-electron chi connectivity index (χ3n) is 6.36. The lowest BCUT2D eigenvalue weighted by molar-refractivity contribution is -0.136. The molecule has 1 aromatic carbocycles. The maximum atomic E-state index is 13.0. The minimum atomic E-state index is -0.843. The molecule has 3 rings (SSSR count). The number of ether oxygens (including phenoxy) is 2. The Morgan fingerprint density at radius 2 is 1.97 bits per heavy atom. The number of imide groups is 1. The van der Waals surface area contributed by atoms with E-state index < -0.39 is 23.5 Å². The van der Waals surface area contributed by atoms with E-state index in [4.69, 9.17) is 9.47 Å². The Kier molecular flexibility index (Phi) is 6.53. The molecule has 4 amide bonds. The first-order valence-corrected chi connectivity index (χ1v) is 10.5. The largest absolute Gasteiger partial charge is 0.497 e. The van der Waals surface area contributed by atoms with E-state index in [1.165, 1.54) is 0 Å². The summed E-state index contributed by atoms with van der Waals surface area (Å²) in [5, 5.41) is 5.71. The third kappa shape index (κ3) is 4.22. The van der Waals surface area contributed by atoms with Crippen molar-refractivity contribution < 1.29 is 23.9 Å². The lowest BCUT2D eigenvalue weighted by Crippen LogP contribution is -2.50. The molecule has 1 aliphatic carbocycles. The average Bonchev–Trinajstić information content (AvgIpc) is 2.97. The number of urea groups is 1. The molecular weight excluding hydrogens is 386 g/mol. The number of methoxy groups -OCH3 is 2. The first-order valence-electron chi connectivity index (χ1n) is 10.5. The number of hydrogen-bond donors (Lipinski definition) is 2. The summed E-state index contributed by atoms with van der Waals surface area (Å²) in [6.07, 6.45) is 4.16. The van der Waals surface area contributed by atoms with Gasteiger partial charge in [-0.3, -0.25) is 14.5 Å². The topological polar surface area (TPSA) is 97.0 Å². The number of carbonyl (C=O) groups is 3. The smallest absolute Gasteiger partial charge is 0.325 e. The Morgan fingerprint density at radius 3 is 2.57 bits per heavy atom. The monoisotopic (exact) mass is 417 g/mol. The molecule has 1 spiro atoms. The zero-order chi connectivity index (χ0) is 21.9. The zero-order valence-electron chi connectivity index (χ0n) is 18.1. The highest BCUT2D eigenvalue weighted by atomic mass is 16.5. The molecule has 2 N–H and O–H groups in total. The first-order chi connectivity index (χ1) is 14.3. The predicted molar refractivity (Wildman–Crippen MR) is 111 cm³/mol. The summed E-state index contributed by atoms with van der Waals surface area (Å²) in [5.41, 5.74) is -0.0956. The zero-order valence-corrected chi connectivity index (χ0v) is 18.1. The van der Waals surface area contributed by atoms with E-state index in [1.807, 2.05) is 6.92 Å². The number of amides is 4. The molecule has 0 bridgehead atoms. The van der Waals surface area contributed by atoms with Crippen LogP contribution in [0.2, 0.25) is 0 Å². The minimum absolute atomic E-state index is 0.288. The number of benzene rings is 1. The third-order valence-corrected chi connectivity index (χ3v) is 6.36. The van der Waals surface area contributed by atoms with Crippen LogP contribution in [-0.4, -0.2) is 49.0 Å². The van der Waals surface area contributed by atoms with Crippen molar-refractivity contribution in [3.8, 4) is 11.5 Å². The molecule has 0 radical (unpaired) electrons. The van der Waals surface area contributed by atoms with Gasteiger partial charge in [0.25, 0.3) is 5.91 Å². The highest BCUT2D eigenvalue weighted by Crippen LogP contribution is 2.37. The van der Waals surface area contributed by atoms with E-state index in [0.29, 0.717) is 30.3 Å². The number of nitrogens with one attached hydrogen (secondary N) is 2. The summed E-state index contributed by atoms with van der Waals surface area (Å²) in [4.78, 5) is 39.1. The molecule has 2 fully saturated rings. The SMILES string of the molecule is CCC1CCC2(CC1)NC(=O)N(CC(=O)NC(C)c1cc(OC)ccc1OC)C2=O. The molecular formula is C22H31N3O5. The molecule has 1 saturated carbocycles. The van der Waals surface area contributed by atoms with E-state index >= 15 is 0 Å². The Balaban J connectivity index is 1.65. The number of nitrogens with zero attached hydrogens (tertiary/aromatic N) is 1. The van der Waals surface area contributed by atoms with Gasteiger partial charge in [-0.25, -0.2) is 4.79 Å². The van der Waals surface area contributed by atoms with Gasteiger partial charge in [0.15, 0.2) is 0 Å². The van der Waals surface area contributed by atoms with Gasteiger partial charge in [0.1, 0.15) is 23.6 Å². The fraction of sp³-hybridized carbons (Fsp3) is 0.591. The van der Waals surface area contributed by atoms with Crippen LogP contribution in [0.4, 0.5) is 4.79 Å². The molecule has 1 heterocycles. The van der Waals surface area contributed by atoms with Crippen molar-refractivity contribution in [3.63, 3.8) is 0 Å². The fourth-order valence-electron chi connectivity index (χ4n) is 4.42. The summed E-state index contributed by atoms with van der Waals surface area (Å²) >= 11 is 0. The van der Waals surface area contributed by atoms with Crippen LogP contribution in [0.25, 0.3) is 0 Å². The Bertz CT molecular complexity index is 817. The minimum Gasteiger partial charge on any atom is -0.497 e. The maximum Gasteiger partial charge on any atom is 0.325 e. The molecule has 1 aromatic rings. The van der Waals surface area contributed by atoms with Crippen molar-refractivity contribution in [1.82, 2.24) is 15.5 Å². The molecule has 2 aliphatic rings. The van der Waals surface area contributed by atoms with Gasteiger partial charge in [-0.1, -0.05) is 13.3 Å². The summed E-state index contributed by atoms with van der Waals surface area (Å²) in [6, 6.07) is 4.45. The normalized spacial score (nSPS) is 24.5. The number of rotatable bonds is 7. The van der Waals surface area contributed by atoms with Crippen molar-refractivity contribution in [2.75, 3.05) is 20.8 Å². The van der Waals surface area contributed by atoms with E-state index in [9.17, 15) is 14.4 Å². The second kappa shape index (κ2) is 8.93. The van der Waals surface area contributed by atoms with Gasteiger partial charge in [0.05, 0.1) is 20.3 Å². The second-order valence-corrected chi connectivity index (χ2v) is 8.15. The van der Waals surface area contributed by atoms with Crippen LogP contribution in [0.5, 0.6) is 11.5 Å². The fourth-order valence-corrected chi connectivity index (χ4v) is 4.42. The van der Waals surface area contributed by atoms with Crippen LogP contribution in [0.3, 0.4) is 0 Å². The van der Waals surface area contributed by atoms with Crippen LogP contribution in [0.1, 0.15) is 57.6 Å². The van der Waals surface area contributed by atoms with E-state index in [2.05, 4.69) is 17.6 Å². The number of carbonyl (C=O) groups excluding carboxylic acids is 3. The van der Waals surface area contributed by atoms with E-state index in [0.717, 1.165) is 29.7 Å². The van der Waals surface area contributed by atoms with Gasteiger partial charge in [-0.2, -0.15) is 0 Å². The van der Waals surface area contributed by atoms with Gasteiger partial charge < -0.3 is 20.1 Å². The van der Waals surface area contributed by atoms with Gasteiger partial charge >= 0.3 is 6.03 Å². The first kappa shape index (κ1) is 21.9. The van der Waals surface area contributed by atoms with E-state index in [-0.39, 0.29) is 12.5 Å². The molecule has 30 heavy (non-hydrogen) atoms. The molecule has 1 saturated heterocycles. The highest BCUT2D eigenvalue weighted by Gasteiger charge is 2.52. The van der Waals surface area contributed by atoms with Gasteiger partial charge in [0.2, 0.25) is 5.91 Å². The molecule has 8 heteroatoms. The van der Waals surface area contributed by atoms with Crippen LogP contribution in [0.15, 0.2) is 18.2 Å². The van der Waals surface area contributed by atoms with Crippen molar-refractivity contribution in [2.24, 2.45) is 5.92 Å². The Hall–Kier alpha value is -2.77. The Labute approximate surface area is 177 Å². The molecule has 8 nitrogen and oxygen atoms in total. The van der Waals surface area contributed by atoms with Crippen LogP contribution in [0, 0.1) is 5.92 Å². The van der Waals surface area contributed by atoms with Gasteiger partial charge in [-0.05, 0) is 56.7 Å². The average molecular weight is 418 g/mol. The summed E-state index contributed by atoms with van der Waals surface area (Å²) < 4.78 is 10.6. The standard InChI is InChI=1S/C22H31N3O5/c1-5-15-8-10-22(11-9-15)20(27)25(21(28)24-22)13-19(26)23-14(2)17-12-16(29-3)6-7-18(17)30-4/h6-7,12,14-15H,5,8-11,13H2,1-4H3,(H,23,26)(H,24,28). The predicted octanol–water partition coefficient (Wildman–Crippen LogP) is 2.77. The molecule has 1 atom stereocenters. The quantitative estimate of drug-likeness (QED) is 0.665. The van der Waals surface area contributed by atoms with Gasteiger partial charge in [-0.15, -0.1) is 0 Å². The van der Waals surface area contributed by atoms with Crippen molar-refractivity contribution in [2.45, 2.75) is 57.5 Å². The lowest BCUT2D eigenvalue weighted by Gasteiger charge is -2.34. The molecule has 0 aromatic heterocycles. The van der Waals surface area contributed by atoms with Gasteiger partial charge in [0, 0.05) is 5.56 Å². The Morgan fingerprint density at radius 1 is 1.27 bits per heavy atom. The van der Waals surface area contributed by atoms with Crippen molar-refractivity contribution in [3.05, 3.63) is 23.8 Å². The number of hydrogen-bond acceptors (Lipinski definition) is 5. The van der Waals surface area contributed by atoms with Crippen LogP contribution >= 0.6 is 0 Å². The molecule has 164 valence electrons. The maximum absolute atomic E-state index is 13.0. The van der Waals surface area contributed by atoms with Crippen LogP contribution < -0.4 is 20.1 Å². The summed E-state index contributed by atoms with van der Waals surface area (Å²) in [6.45, 7) is 3.65. The summed E-state index contributed by atoms with van der Waals surface area (Å²) in [5.74, 6) is 1.16. The molecule has 1 aliphatic heterocycles. The van der Waals surface area contributed by atoms with Crippen molar-refractivity contribution in [1.29, 1.82) is 0 Å². The summed E-state index contributed by atoms with van der Waals surface area (Å²) in [7, 11) is 3.12. The van der Waals surface area contributed by atoms with Crippen molar-refractivity contribution >= 4 is 17.8 Å². The van der Waals surface area contributed by atoms with Crippen LogP contribution in [-0.2, 0) is 9.59 Å². The highest BCUT2D eigenvalue weighted by molar-refractivity contribution is 6.09. The molecule has 1 unspecified atom stereocenters. The lowest BCUT2D eigenvalue weighted by atomic mass is 9.75. The second-order valence-electron chi connectivity index (χ2n) is 8.15. The van der Waals surface area contributed by atoms with E-state index in [1.54, 1.807) is 32.4 Å².